The summed E-state index contributed by atoms with van der Waals surface area (Å²) in [5.74, 6) is 0. The zero-order valence-electron chi connectivity index (χ0n) is 7.54. The van der Waals surface area contributed by atoms with Crippen molar-refractivity contribution < 1.29 is 4.84 Å². The summed E-state index contributed by atoms with van der Waals surface area (Å²) in [6.07, 6.45) is 11.1. The first-order chi connectivity index (χ1) is 5.97. The maximum absolute atomic E-state index is 5.56. The van der Waals surface area contributed by atoms with Gasteiger partial charge in [0, 0.05) is 12.6 Å². The predicted molar refractivity (Wildman–Crippen MR) is 48.7 cm³/mol. The lowest BCUT2D eigenvalue weighted by atomic mass is 9.95. The first-order valence-electron chi connectivity index (χ1n) is 5.01. The Labute approximate surface area is 74.1 Å². The van der Waals surface area contributed by atoms with Crippen molar-refractivity contribution in [3.05, 3.63) is 12.2 Å². The summed E-state index contributed by atoms with van der Waals surface area (Å²) in [6, 6.07) is 0.698. The van der Waals surface area contributed by atoms with Crippen LogP contribution in [0.5, 0.6) is 0 Å². The number of hydrogen-bond acceptors (Lipinski definition) is 2. The highest BCUT2D eigenvalue weighted by Gasteiger charge is 2.21. The topological polar surface area (TPSA) is 12.5 Å². The van der Waals surface area contributed by atoms with E-state index in [1.54, 1.807) is 0 Å². The highest BCUT2D eigenvalue weighted by atomic mass is 16.7. The van der Waals surface area contributed by atoms with Crippen molar-refractivity contribution in [1.82, 2.24) is 5.06 Å². The summed E-state index contributed by atoms with van der Waals surface area (Å²) < 4.78 is 0. The van der Waals surface area contributed by atoms with Crippen molar-refractivity contribution in [2.24, 2.45) is 0 Å². The average Bonchev–Trinajstić information content (AvgIpc) is 2.21. The normalized spacial score (nSPS) is 27.7. The Morgan fingerprint density at radius 3 is 2.58 bits per heavy atom. The van der Waals surface area contributed by atoms with E-state index in [2.05, 4.69) is 17.2 Å². The van der Waals surface area contributed by atoms with E-state index < -0.39 is 0 Å². The van der Waals surface area contributed by atoms with Gasteiger partial charge in [0.15, 0.2) is 0 Å². The molecule has 1 aliphatic heterocycles. The molecule has 0 atom stereocenters. The van der Waals surface area contributed by atoms with E-state index in [4.69, 9.17) is 4.84 Å². The van der Waals surface area contributed by atoms with Gasteiger partial charge in [-0.3, -0.25) is 4.84 Å². The molecular formula is C10H17NO. The SMILES string of the molecule is C1=CCN(C2CCCCC2)OC1. The number of nitrogens with zero attached hydrogens (tertiary/aromatic N) is 1. The summed E-state index contributed by atoms with van der Waals surface area (Å²) in [5, 5.41) is 2.17. The quantitative estimate of drug-likeness (QED) is 0.555. The molecule has 0 aromatic rings. The Kier molecular flexibility index (Phi) is 2.79. The second-order valence-electron chi connectivity index (χ2n) is 3.66. The number of hydrogen-bond donors (Lipinski definition) is 0. The lowest BCUT2D eigenvalue weighted by Gasteiger charge is -2.33. The summed E-state index contributed by atoms with van der Waals surface area (Å²) in [7, 11) is 0. The molecule has 0 spiro atoms. The zero-order chi connectivity index (χ0) is 8.23. The van der Waals surface area contributed by atoms with Gasteiger partial charge < -0.3 is 0 Å². The predicted octanol–water partition coefficient (Wildman–Crippen LogP) is 2.12. The molecule has 1 saturated carbocycles. The second-order valence-corrected chi connectivity index (χ2v) is 3.66. The van der Waals surface area contributed by atoms with E-state index in [-0.39, 0.29) is 0 Å². The van der Waals surface area contributed by atoms with E-state index in [0.29, 0.717) is 6.04 Å². The van der Waals surface area contributed by atoms with Crippen LogP contribution in [-0.4, -0.2) is 24.3 Å². The van der Waals surface area contributed by atoms with Crippen LogP contribution >= 0.6 is 0 Å². The molecule has 0 aromatic heterocycles. The molecule has 2 nitrogen and oxygen atoms in total. The van der Waals surface area contributed by atoms with E-state index in [9.17, 15) is 0 Å². The monoisotopic (exact) mass is 167 g/mol. The van der Waals surface area contributed by atoms with Crippen molar-refractivity contribution in [1.29, 1.82) is 0 Å². The van der Waals surface area contributed by atoms with Gasteiger partial charge in [-0.1, -0.05) is 31.4 Å². The Bertz CT molecular complexity index is 161. The van der Waals surface area contributed by atoms with Gasteiger partial charge in [0.1, 0.15) is 0 Å². The summed E-state index contributed by atoms with van der Waals surface area (Å²) >= 11 is 0. The minimum Gasteiger partial charge on any atom is -0.294 e. The lowest BCUT2D eigenvalue weighted by molar-refractivity contribution is -0.181. The second kappa shape index (κ2) is 4.06. The molecule has 0 bridgehead atoms. The van der Waals surface area contributed by atoms with Crippen LogP contribution in [0.1, 0.15) is 32.1 Å². The van der Waals surface area contributed by atoms with Crippen LogP contribution in [0.25, 0.3) is 0 Å². The van der Waals surface area contributed by atoms with Gasteiger partial charge in [-0.05, 0) is 12.8 Å². The lowest BCUT2D eigenvalue weighted by Crippen LogP contribution is -2.38. The van der Waals surface area contributed by atoms with Crippen LogP contribution in [0.2, 0.25) is 0 Å². The molecular weight excluding hydrogens is 150 g/mol. The Hall–Kier alpha value is -0.340. The highest BCUT2D eigenvalue weighted by Crippen LogP contribution is 2.23. The maximum Gasteiger partial charge on any atom is 0.0867 e. The molecule has 12 heavy (non-hydrogen) atoms. The van der Waals surface area contributed by atoms with Crippen LogP contribution in [0.15, 0.2) is 12.2 Å². The summed E-state index contributed by atoms with van der Waals surface area (Å²) in [6.45, 7) is 1.77. The van der Waals surface area contributed by atoms with Crippen molar-refractivity contribution >= 4 is 0 Å². The summed E-state index contributed by atoms with van der Waals surface area (Å²) in [5.41, 5.74) is 0. The molecule has 0 aromatic carbocycles. The average molecular weight is 167 g/mol. The molecule has 1 fully saturated rings. The molecule has 1 heterocycles. The first-order valence-corrected chi connectivity index (χ1v) is 5.01. The maximum atomic E-state index is 5.56. The van der Waals surface area contributed by atoms with Crippen LogP contribution in [0.3, 0.4) is 0 Å². The van der Waals surface area contributed by atoms with Gasteiger partial charge in [-0.2, -0.15) is 5.06 Å². The molecule has 0 radical (unpaired) electrons. The molecule has 0 saturated heterocycles. The fraction of sp³-hybridized carbons (Fsp3) is 0.800. The van der Waals surface area contributed by atoms with Crippen LogP contribution in [0.4, 0.5) is 0 Å². The van der Waals surface area contributed by atoms with Crippen LogP contribution < -0.4 is 0 Å². The van der Waals surface area contributed by atoms with E-state index in [0.717, 1.165) is 13.2 Å². The van der Waals surface area contributed by atoms with E-state index in [1.807, 2.05) is 0 Å². The van der Waals surface area contributed by atoms with Crippen molar-refractivity contribution in [2.75, 3.05) is 13.2 Å². The number of hydroxylamine groups is 2. The minimum atomic E-state index is 0.698. The number of rotatable bonds is 1. The van der Waals surface area contributed by atoms with Gasteiger partial charge in [0.05, 0.1) is 6.61 Å². The fourth-order valence-corrected chi connectivity index (χ4v) is 2.06. The van der Waals surface area contributed by atoms with E-state index in [1.165, 1.54) is 32.1 Å². The van der Waals surface area contributed by atoms with E-state index >= 15 is 0 Å². The van der Waals surface area contributed by atoms with Crippen molar-refractivity contribution in [3.8, 4) is 0 Å². The molecule has 2 rings (SSSR count). The molecule has 0 amide bonds. The Morgan fingerprint density at radius 1 is 1.08 bits per heavy atom. The zero-order valence-corrected chi connectivity index (χ0v) is 7.54. The molecule has 68 valence electrons. The molecule has 0 N–H and O–H groups in total. The molecule has 1 aliphatic carbocycles. The Balaban J connectivity index is 1.85. The van der Waals surface area contributed by atoms with Crippen LogP contribution in [0, 0.1) is 0 Å². The molecule has 2 aliphatic rings. The van der Waals surface area contributed by atoms with Gasteiger partial charge in [-0.25, -0.2) is 0 Å². The largest absolute Gasteiger partial charge is 0.294 e. The molecule has 2 heteroatoms. The van der Waals surface area contributed by atoms with Gasteiger partial charge >= 0.3 is 0 Å². The highest BCUT2D eigenvalue weighted by molar-refractivity contribution is 4.88. The van der Waals surface area contributed by atoms with Gasteiger partial charge in [0.2, 0.25) is 0 Å². The minimum absolute atomic E-state index is 0.698. The smallest absolute Gasteiger partial charge is 0.0867 e. The fourth-order valence-electron chi connectivity index (χ4n) is 2.06. The van der Waals surface area contributed by atoms with Crippen molar-refractivity contribution in [2.45, 2.75) is 38.1 Å². The third-order valence-corrected chi connectivity index (χ3v) is 2.77. The molecule has 0 unspecified atom stereocenters. The van der Waals surface area contributed by atoms with Gasteiger partial charge in [-0.15, -0.1) is 0 Å². The van der Waals surface area contributed by atoms with Gasteiger partial charge in [0.25, 0.3) is 0 Å². The summed E-state index contributed by atoms with van der Waals surface area (Å²) in [4.78, 5) is 5.56. The first kappa shape index (κ1) is 8.27. The van der Waals surface area contributed by atoms with Crippen LogP contribution in [-0.2, 0) is 4.84 Å². The third kappa shape index (κ3) is 1.87. The Morgan fingerprint density at radius 2 is 1.92 bits per heavy atom. The third-order valence-electron chi connectivity index (χ3n) is 2.77. The van der Waals surface area contributed by atoms with Crippen molar-refractivity contribution in [3.63, 3.8) is 0 Å². The standard InChI is InChI=1S/C10H17NO/c1-2-6-10(7-3-1)11-8-4-5-9-12-11/h4-5,10H,1-3,6-9H2.